The molecular formula is C23H35N7O8. The number of carboxylic acid groups (broad SMARTS) is 2. The van der Waals surface area contributed by atoms with Crippen molar-refractivity contribution in [3.63, 3.8) is 0 Å². The van der Waals surface area contributed by atoms with E-state index in [0.717, 1.165) is 6.92 Å². The Labute approximate surface area is 218 Å². The fraction of sp³-hybridized carbons (Fsp3) is 0.478. The molecule has 15 heteroatoms. The number of aliphatic imine (C=N–C) groups is 1. The lowest BCUT2D eigenvalue weighted by Crippen LogP contribution is -2.59. The fourth-order valence-corrected chi connectivity index (χ4v) is 3.29. The van der Waals surface area contributed by atoms with Crippen LogP contribution in [0.5, 0.6) is 0 Å². The van der Waals surface area contributed by atoms with E-state index in [1.807, 2.05) is 5.32 Å². The molecule has 0 bridgehead atoms. The maximum atomic E-state index is 13.1. The third-order valence-electron chi connectivity index (χ3n) is 5.28. The zero-order valence-electron chi connectivity index (χ0n) is 20.9. The Bertz CT molecular complexity index is 999. The Morgan fingerprint density at radius 2 is 1.50 bits per heavy atom. The first-order valence-corrected chi connectivity index (χ1v) is 11.7. The van der Waals surface area contributed by atoms with Crippen LogP contribution in [0.4, 0.5) is 0 Å². The maximum absolute atomic E-state index is 13.1. The summed E-state index contributed by atoms with van der Waals surface area (Å²) in [5.41, 5.74) is 17.1. The number of carbonyl (C=O) groups excluding carboxylic acids is 3. The molecule has 38 heavy (non-hydrogen) atoms. The number of nitrogens with two attached hydrogens (primary N) is 3. The summed E-state index contributed by atoms with van der Waals surface area (Å²) < 4.78 is 0. The average molecular weight is 538 g/mol. The van der Waals surface area contributed by atoms with E-state index in [0.29, 0.717) is 12.0 Å². The molecule has 5 atom stereocenters. The highest BCUT2D eigenvalue weighted by Crippen LogP contribution is 2.07. The largest absolute Gasteiger partial charge is 0.481 e. The molecule has 210 valence electrons. The molecule has 0 fully saturated rings. The van der Waals surface area contributed by atoms with Gasteiger partial charge in [0.05, 0.1) is 18.6 Å². The van der Waals surface area contributed by atoms with Crippen molar-refractivity contribution in [2.75, 3.05) is 6.54 Å². The molecule has 0 aliphatic carbocycles. The molecule has 3 amide bonds. The number of aliphatic carboxylic acids is 2. The Kier molecular flexibility index (Phi) is 13.2. The van der Waals surface area contributed by atoms with Crippen LogP contribution in [0.3, 0.4) is 0 Å². The molecule has 0 radical (unpaired) electrons. The minimum atomic E-state index is -1.74. The van der Waals surface area contributed by atoms with Gasteiger partial charge in [-0.25, -0.2) is 4.79 Å². The lowest BCUT2D eigenvalue weighted by atomic mass is 10.0. The van der Waals surface area contributed by atoms with Crippen molar-refractivity contribution in [1.29, 1.82) is 0 Å². The maximum Gasteiger partial charge on any atom is 0.328 e. The van der Waals surface area contributed by atoms with Crippen LogP contribution in [0.15, 0.2) is 35.3 Å². The van der Waals surface area contributed by atoms with Gasteiger partial charge in [0.25, 0.3) is 0 Å². The minimum Gasteiger partial charge on any atom is -0.481 e. The van der Waals surface area contributed by atoms with E-state index >= 15 is 0 Å². The van der Waals surface area contributed by atoms with Crippen LogP contribution >= 0.6 is 0 Å². The number of nitrogens with one attached hydrogen (secondary N) is 3. The number of nitrogens with zero attached hydrogens (tertiary/aromatic N) is 1. The summed E-state index contributed by atoms with van der Waals surface area (Å²) in [5.74, 6) is -5.84. The molecule has 0 aliphatic heterocycles. The summed E-state index contributed by atoms with van der Waals surface area (Å²) in [6.45, 7) is 1.36. The van der Waals surface area contributed by atoms with Gasteiger partial charge in [-0.2, -0.15) is 0 Å². The first-order valence-electron chi connectivity index (χ1n) is 11.7. The van der Waals surface area contributed by atoms with Gasteiger partial charge in [-0.15, -0.1) is 0 Å². The van der Waals surface area contributed by atoms with Crippen molar-refractivity contribution in [2.45, 2.75) is 62.9 Å². The van der Waals surface area contributed by atoms with Crippen molar-refractivity contribution >= 4 is 35.6 Å². The zero-order chi connectivity index (χ0) is 28.8. The predicted octanol–water partition coefficient (Wildman–Crippen LogP) is -3.00. The number of guanidine groups is 1. The summed E-state index contributed by atoms with van der Waals surface area (Å²) in [6, 6.07) is 2.84. The molecule has 12 N–H and O–H groups in total. The number of hydrogen-bond donors (Lipinski definition) is 9. The van der Waals surface area contributed by atoms with E-state index in [1.165, 1.54) is 0 Å². The van der Waals surface area contributed by atoms with Gasteiger partial charge in [-0.05, 0) is 25.3 Å². The lowest BCUT2D eigenvalue weighted by molar-refractivity contribution is -0.146. The van der Waals surface area contributed by atoms with Crippen molar-refractivity contribution < 1.29 is 39.3 Å². The average Bonchev–Trinajstić information content (AvgIpc) is 2.83. The molecule has 1 aromatic rings. The Balaban J connectivity index is 3.06. The molecule has 1 aromatic carbocycles. The van der Waals surface area contributed by atoms with E-state index in [2.05, 4.69) is 15.6 Å². The molecule has 5 unspecified atom stereocenters. The molecule has 0 saturated carbocycles. The number of aliphatic hydroxyl groups is 1. The fourth-order valence-electron chi connectivity index (χ4n) is 3.29. The highest BCUT2D eigenvalue weighted by atomic mass is 16.4. The van der Waals surface area contributed by atoms with Gasteiger partial charge in [0.2, 0.25) is 17.7 Å². The van der Waals surface area contributed by atoms with Crippen LogP contribution in [0.25, 0.3) is 0 Å². The molecule has 0 heterocycles. The summed E-state index contributed by atoms with van der Waals surface area (Å²) in [7, 11) is 0. The number of benzene rings is 1. The quantitative estimate of drug-likeness (QED) is 0.0582. The highest BCUT2D eigenvalue weighted by Gasteiger charge is 2.33. The number of aliphatic hydroxyl groups excluding tert-OH is 1. The second-order valence-electron chi connectivity index (χ2n) is 8.53. The van der Waals surface area contributed by atoms with Crippen molar-refractivity contribution in [1.82, 2.24) is 16.0 Å². The molecular weight excluding hydrogens is 502 g/mol. The first kappa shape index (κ1) is 31.8. The summed E-state index contributed by atoms with van der Waals surface area (Å²) in [5, 5.41) is 34.8. The minimum absolute atomic E-state index is 0.0219. The van der Waals surface area contributed by atoms with Crippen LogP contribution in [0, 0.1) is 0 Å². The van der Waals surface area contributed by atoms with Crippen molar-refractivity contribution in [2.24, 2.45) is 22.2 Å². The Morgan fingerprint density at radius 1 is 0.921 bits per heavy atom. The summed E-state index contributed by atoms with van der Waals surface area (Å²) in [4.78, 5) is 64.9. The number of carboxylic acids is 2. The number of amides is 3. The third-order valence-corrected chi connectivity index (χ3v) is 5.28. The van der Waals surface area contributed by atoms with Gasteiger partial charge >= 0.3 is 11.9 Å². The zero-order valence-corrected chi connectivity index (χ0v) is 20.9. The van der Waals surface area contributed by atoms with Crippen molar-refractivity contribution in [3.05, 3.63) is 35.9 Å². The SMILES string of the molecule is CC(O)C(NC(=O)C(CC(=O)O)NC(=O)C(Cc1ccccc1)NC(=O)C(N)CCCN=C(N)N)C(=O)O. The van der Waals surface area contributed by atoms with E-state index in [4.69, 9.17) is 17.2 Å². The molecule has 0 aliphatic rings. The second kappa shape index (κ2) is 15.8. The van der Waals surface area contributed by atoms with Gasteiger partial charge in [0.1, 0.15) is 12.1 Å². The predicted molar refractivity (Wildman–Crippen MR) is 135 cm³/mol. The Morgan fingerprint density at radius 3 is 2.03 bits per heavy atom. The van der Waals surface area contributed by atoms with Crippen LogP contribution in [0.1, 0.15) is 31.7 Å². The van der Waals surface area contributed by atoms with E-state index < -0.39 is 66.4 Å². The molecule has 1 rings (SSSR count). The standard InChI is InChI=1S/C23H35N7O8/c1-12(31)18(22(37)38)30-21(36)16(11-17(32)33)29-20(35)15(10-13-6-3-2-4-7-13)28-19(34)14(24)8-5-9-27-23(25)26/h2-4,6-7,12,14-16,18,31H,5,8-11,24H2,1H3,(H,28,34)(H,29,35)(H,30,36)(H,32,33)(H,37,38)(H4,25,26,27). The van der Waals surface area contributed by atoms with Crippen LogP contribution < -0.4 is 33.2 Å². The molecule has 15 nitrogen and oxygen atoms in total. The van der Waals surface area contributed by atoms with Gasteiger partial charge in [-0.1, -0.05) is 30.3 Å². The van der Waals surface area contributed by atoms with E-state index in [-0.39, 0.29) is 25.3 Å². The monoisotopic (exact) mass is 537 g/mol. The van der Waals surface area contributed by atoms with Gasteiger partial charge in [0, 0.05) is 13.0 Å². The van der Waals surface area contributed by atoms with E-state index in [1.54, 1.807) is 30.3 Å². The third kappa shape index (κ3) is 11.7. The van der Waals surface area contributed by atoms with Crippen LogP contribution in [0.2, 0.25) is 0 Å². The summed E-state index contributed by atoms with van der Waals surface area (Å²) in [6.07, 6.45) is -1.83. The molecule has 0 spiro atoms. The Hall–Kier alpha value is -4.24. The van der Waals surface area contributed by atoms with E-state index in [9.17, 15) is 39.3 Å². The van der Waals surface area contributed by atoms with Gasteiger partial charge < -0.3 is 48.5 Å². The highest BCUT2D eigenvalue weighted by molar-refractivity contribution is 5.95. The van der Waals surface area contributed by atoms with Gasteiger partial charge in [0.15, 0.2) is 12.0 Å². The summed E-state index contributed by atoms with van der Waals surface area (Å²) >= 11 is 0. The lowest BCUT2D eigenvalue weighted by Gasteiger charge is -2.25. The van der Waals surface area contributed by atoms with Crippen LogP contribution in [-0.2, 0) is 30.4 Å². The smallest absolute Gasteiger partial charge is 0.328 e. The first-order chi connectivity index (χ1) is 17.8. The number of hydrogen-bond acceptors (Lipinski definition) is 8. The normalized spacial score (nSPS) is 14.6. The van der Waals surface area contributed by atoms with Crippen molar-refractivity contribution in [3.8, 4) is 0 Å². The second-order valence-corrected chi connectivity index (χ2v) is 8.53. The number of rotatable bonds is 16. The van der Waals surface area contributed by atoms with Crippen LogP contribution in [-0.4, -0.2) is 87.8 Å². The topological polar surface area (TPSA) is 273 Å². The molecule has 0 aromatic heterocycles. The molecule has 0 saturated heterocycles. The van der Waals surface area contributed by atoms with Gasteiger partial charge in [-0.3, -0.25) is 24.2 Å². The number of carbonyl (C=O) groups is 5.